The number of carbonyl (C=O) groups excluding carboxylic acids is 3. The van der Waals surface area contributed by atoms with E-state index in [1.54, 1.807) is 43.3 Å². The Morgan fingerprint density at radius 2 is 1.45 bits per heavy atom. The number of esters is 3. The van der Waals surface area contributed by atoms with Gasteiger partial charge in [0.05, 0.1) is 27.8 Å². The molecule has 1 heterocycles. The maximum absolute atomic E-state index is 13.3. The SMILES string of the molecule is C#CCCCC(=O)OCc1cnc(C)c(OC(=O)Cc2ccccc2Nc2c(Cl)cccc2Cl)c1COC(=O)CCCC#C. The number of anilines is 2. The molecule has 0 unspecified atom stereocenters. The molecule has 3 rings (SSSR count). The first kappa shape index (κ1) is 34.0. The molecule has 0 saturated heterocycles. The minimum Gasteiger partial charge on any atom is -0.461 e. The van der Waals surface area contributed by atoms with Gasteiger partial charge in [-0.15, -0.1) is 24.7 Å². The van der Waals surface area contributed by atoms with E-state index in [1.165, 1.54) is 6.20 Å². The summed E-state index contributed by atoms with van der Waals surface area (Å²) in [5, 5.41) is 4.04. The molecule has 0 atom stereocenters. The van der Waals surface area contributed by atoms with Crippen LogP contribution in [0.4, 0.5) is 11.4 Å². The van der Waals surface area contributed by atoms with Crippen LogP contribution in [-0.2, 0) is 43.5 Å². The molecular weight excluding hydrogens is 603 g/mol. The van der Waals surface area contributed by atoms with Crippen LogP contribution in [0, 0.1) is 31.6 Å². The van der Waals surface area contributed by atoms with E-state index in [9.17, 15) is 14.4 Å². The van der Waals surface area contributed by atoms with E-state index in [-0.39, 0.29) is 38.2 Å². The molecule has 10 heteroatoms. The highest BCUT2D eigenvalue weighted by Crippen LogP contribution is 2.34. The van der Waals surface area contributed by atoms with Crippen LogP contribution in [-0.4, -0.2) is 22.9 Å². The normalized spacial score (nSPS) is 10.3. The second-order valence-electron chi connectivity index (χ2n) is 9.64. The highest BCUT2D eigenvalue weighted by atomic mass is 35.5. The second kappa shape index (κ2) is 17.6. The lowest BCUT2D eigenvalue weighted by molar-refractivity contribution is -0.146. The standard InChI is InChI=1S/C34H32Cl2N2O6/c1-4-6-8-17-30(39)42-21-25-20-37-23(3)34(26(25)22-43-31(40)18-9-7-5-2)44-32(41)19-24-13-10-11-16-29(24)38-33-27(35)14-12-15-28(33)36/h1-2,10-16,20,38H,6-9,17-19,21-22H2,3H3. The van der Waals surface area contributed by atoms with Crippen molar-refractivity contribution in [1.29, 1.82) is 0 Å². The van der Waals surface area contributed by atoms with Crippen molar-refractivity contribution in [2.75, 3.05) is 5.32 Å². The molecule has 0 aliphatic carbocycles. The number of terminal acetylenes is 2. The fraction of sp³-hybridized carbons (Fsp3) is 0.294. The summed E-state index contributed by atoms with van der Waals surface area (Å²) in [5.41, 5.74) is 2.91. The van der Waals surface area contributed by atoms with Crippen LogP contribution in [0.1, 0.15) is 60.9 Å². The Balaban J connectivity index is 1.83. The third kappa shape index (κ3) is 10.3. The van der Waals surface area contributed by atoms with Crippen molar-refractivity contribution in [1.82, 2.24) is 4.98 Å². The van der Waals surface area contributed by atoms with E-state index >= 15 is 0 Å². The number of nitrogens with zero attached hydrogens (tertiary/aromatic N) is 1. The largest absolute Gasteiger partial charge is 0.461 e. The Morgan fingerprint density at radius 3 is 2.09 bits per heavy atom. The third-order valence-corrected chi connectivity index (χ3v) is 6.99. The van der Waals surface area contributed by atoms with Crippen LogP contribution in [0.15, 0.2) is 48.7 Å². The van der Waals surface area contributed by atoms with Gasteiger partial charge < -0.3 is 19.5 Å². The van der Waals surface area contributed by atoms with E-state index < -0.39 is 17.9 Å². The minimum absolute atomic E-state index is 0.117. The van der Waals surface area contributed by atoms with Gasteiger partial charge in [-0.1, -0.05) is 47.5 Å². The zero-order valence-electron chi connectivity index (χ0n) is 24.3. The van der Waals surface area contributed by atoms with E-state index in [4.69, 9.17) is 50.3 Å². The number of halogens is 2. The summed E-state index contributed by atoms with van der Waals surface area (Å²) in [7, 11) is 0. The number of ether oxygens (including phenoxy) is 3. The van der Waals surface area contributed by atoms with Crippen molar-refractivity contribution >= 4 is 52.5 Å². The van der Waals surface area contributed by atoms with Gasteiger partial charge in [-0.3, -0.25) is 19.4 Å². The molecule has 3 aromatic rings. The summed E-state index contributed by atoms with van der Waals surface area (Å²) in [4.78, 5) is 42.2. The maximum atomic E-state index is 13.3. The highest BCUT2D eigenvalue weighted by Gasteiger charge is 2.21. The summed E-state index contributed by atoms with van der Waals surface area (Å²) in [6.07, 6.45) is 14.0. The number of hydrogen-bond donors (Lipinski definition) is 1. The number of carbonyl (C=O) groups is 3. The van der Waals surface area contributed by atoms with Crippen LogP contribution < -0.4 is 10.1 Å². The lowest BCUT2D eigenvalue weighted by Gasteiger charge is -2.18. The third-order valence-electron chi connectivity index (χ3n) is 6.37. The fourth-order valence-corrected chi connectivity index (χ4v) is 4.56. The van der Waals surface area contributed by atoms with Gasteiger partial charge in [-0.05, 0) is 43.5 Å². The van der Waals surface area contributed by atoms with Crippen LogP contribution in [0.25, 0.3) is 0 Å². The molecular formula is C34H32Cl2N2O6. The minimum atomic E-state index is -0.598. The van der Waals surface area contributed by atoms with Crippen molar-refractivity contribution in [2.45, 2.75) is 65.1 Å². The summed E-state index contributed by atoms with van der Waals surface area (Å²) < 4.78 is 16.7. The van der Waals surface area contributed by atoms with Crippen molar-refractivity contribution in [3.8, 4) is 30.4 Å². The molecule has 2 aromatic carbocycles. The number of hydrogen-bond acceptors (Lipinski definition) is 8. The van der Waals surface area contributed by atoms with Crippen LogP contribution in [0.5, 0.6) is 5.75 Å². The van der Waals surface area contributed by atoms with Gasteiger partial charge in [0.1, 0.15) is 13.2 Å². The second-order valence-corrected chi connectivity index (χ2v) is 10.5. The van der Waals surface area contributed by atoms with Crippen molar-refractivity contribution in [3.05, 3.63) is 81.1 Å². The van der Waals surface area contributed by atoms with Gasteiger partial charge in [0.25, 0.3) is 0 Å². The molecule has 0 fully saturated rings. The molecule has 0 aliphatic rings. The monoisotopic (exact) mass is 634 g/mol. The number of aryl methyl sites for hydroxylation is 1. The number of unbranched alkanes of at least 4 members (excludes halogenated alkanes) is 2. The molecule has 0 spiro atoms. The van der Waals surface area contributed by atoms with Gasteiger partial charge in [-0.2, -0.15) is 0 Å². The predicted octanol–water partition coefficient (Wildman–Crippen LogP) is 7.28. The first-order valence-corrected chi connectivity index (χ1v) is 14.6. The van der Waals surface area contributed by atoms with Crippen molar-refractivity contribution in [2.24, 2.45) is 0 Å². The van der Waals surface area contributed by atoms with Gasteiger partial charge in [0, 0.05) is 48.7 Å². The number of benzene rings is 2. The molecule has 1 aromatic heterocycles. The Hall–Kier alpha value is -4.50. The Kier molecular flexibility index (Phi) is 13.6. The number of pyridine rings is 1. The van der Waals surface area contributed by atoms with Crippen LogP contribution in [0.2, 0.25) is 10.0 Å². The van der Waals surface area contributed by atoms with E-state index in [0.717, 1.165) is 0 Å². The molecule has 8 nitrogen and oxygen atoms in total. The zero-order chi connectivity index (χ0) is 31.9. The van der Waals surface area contributed by atoms with Gasteiger partial charge in [0.15, 0.2) is 5.75 Å². The number of para-hydroxylation sites is 2. The van der Waals surface area contributed by atoms with Gasteiger partial charge in [0.2, 0.25) is 0 Å². The molecule has 0 bridgehead atoms. The van der Waals surface area contributed by atoms with Crippen molar-refractivity contribution < 1.29 is 28.6 Å². The van der Waals surface area contributed by atoms with Crippen molar-refractivity contribution in [3.63, 3.8) is 0 Å². The lowest BCUT2D eigenvalue weighted by atomic mass is 10.1. The highest BCUT2D eigenvalue weighted by molar-refractivity contribution is 6.39. The lowest BCUT2D eigenvalue weighted by Crippen LogP contribution is -2.17. The fourth-order valence-electron chi connectivity index (χ4n) is 4.07. The molecule has 1 N–H and O–H groups in total. The number of aromatic nitrogens is 1. The maximum Gasteiger partial charge on any atom is 0.315 e. The van der Waals surface area contributed by atoms with Gasteiger partial charge >= 0.3 is 17.9 Å². The molecule has 0 radical (unpaired) electrons. The number of nitrogens with one attached hydrogen (secondary N) is 1. The predicted molar refractivity (Wildman–Crippen MR) is 169 cm³/mol. The molecule has 0 saturated carbocycles. The molecule has 44 heavy (non-hydrogen) atoms. The average Bonchev–Trinajstić information content (AvgIpc) is 2.99. The summed E-state index contributed by atoms with van der Waals surface area (Å²) in [6, 6.07) is 12.3. The van der Waals surface area contributed by atoms with E-state index in [1.807, 2.05) is 6.07 Å². The van der Waals surface area contributed by atoms with Crippen LogP contribution >= 0.6 is 23.2 Å². The first-order chi connectivity index (χ1) is 21.2. The van der Waals surface area contributed by atoms with E-state index in [2.05, 4.69) is 22.1 Å². The summed E-state index contributed by atoms with van der Waals surface area (Å²) in [6.45, 7) is 1.27. The Bertz CT molecular complexity index is 1550. The van der Waals surface area contributed by atoms with E-state index in [0.29, 0.717) is 69.5 Å². The van der Waals surface area contributed by atoms with Crippen LogP contribution in [0.3, 0.4) is 0 Å². The molecule has 0 amide bonds. The first-order valence-electron chi connectivity index (χ1n) is 13.9. The average molecular weight is 636 g/mol. The topological polar surface area (TPSA) is 104 Å². The quantitative estimate of drug-likeness (QED) is 0.106. The zero-order valence-corrected chi connectivity index (χ0v) is 25.8. The number of rotatable bonds is 15. The van der Waals surface area contributed by atoms with Gasteiger partial charge in [-0.25, -0.2) is 0 Å². The Morgan fingerprint density at radius 1 is 0.841 bits per heavy atom. The molecule has 228 valence electrons. The summed E-state index contributed by atoms with van der Waals surface area (Å²) in [5.74, 6) is 3.57. The Labute approximate surface area is 267 Å². The smallest absolute Gasteiger partial charge is 0.315 e. The summed E-state index contributed by atoms with van der Waals surface area (Å²) >= 11 is 12.7. The molecule has 0 aliphatic heterocycles.